The summed E-state index contributed by atoms with van der Waals surface area (Å²) in [6.07, 6.45) is 5.14. The first kappa shape index (κ1) is 16.8. The van der Waals surface area contributed by atoms with Crippen molar-refractivity contribution in [2.45, 2.75) is 19.4 Å². The topological polar surface area (TPSA) is 105 Å². The third kappa shape index (κ3) is 4.69. The Hall–Kier alpha value is -3.68. The number of rotatable bonds is 8. The highest BCUT2D eigenvalue weighted by Gasteiger charge is 2.05. The number of nitrogens with one attached hydrogen (secondary N) is 3. The number of aromatic nitrogens is 5. The van der Waals surface area contributed by atoms with Crippen LogP contribution in [0, 0.1) is 0 Å². The van der Waals surface area contributed by atoms with Gasteiger partial charge in [0, 0.05) is 24.0 Å². The molecule has 8 nitrogen and oxygen atoms in total. The number of nitrogens with zero attached hydrogens (tertiary/aromatic N) is 4. The van der Waals surface area contributed by atoms with Gasteiger partial charge in [-0.3, -0.25) is 5.10 Å². The van der Waals surface area contributed by atoms with Crippen molar-refractivity contribution in [1.29, 1.82) is 0 Å². The van der Waals surface area contributed by atoms with Crippen molar-refractivity contribution >= 4 is 17.6 Å². The van der Waals surface area contributed by atoms with Gasteiger partial charge in [0.2, 0.25) is 5.95 Å². The molecule has 0 bridgehead atoms. The fourth-order valence-corrected chi connectivity index (χ4v) is 2.62. The number of H-pyrrole nitrogens is 1. The Morgan fingerprint density at radius 2 is 1.89 bits per heavy atom. The Bertz CT molecular complexity index is 967. The summed E-state index contributed by atoms with van der Waals surface area (Å²) in [5.41, 5.74) is 2.37. The molecule has 3 aromatic heterocycles. The van der Waals surface area contributed by atoms with E-state index in [9.17, 15) is 0 Å². The van der Waals surface area contributed by atoms with Crippen LogP contribution >= 0.6 is 0 Å². The highest BCUT2D eigenvalue weighted by atomic mass is 16.5. The Kier molecular flexibility index (Phi) is 5.05. The van der Waals surface area contributed by atoms with E-state index in [-0.39, 0.29) is 0 Å². The van der Waals surface area contributed by atoms with Crippen LogP contribution in [0.5, 0.6) is 0 Å². The Balaban J connectivity index is 1.33. The number of hydrogen-bond donors (Lipinski definition) is 3. The fraction of sp³-hybridized carbons (Fsp3) is 0.158. The molecule has 1 aromatic carbocycles. The van der Waals surface area contributed by atoms with Gasteiger partial charge in [0.25, 0.3) is 0 Å². The van der Waals surface area contributed by atoms with Crippen LogP contribution in [0.4, 0.5) is 17.6 Å². The lowest BCUT2D eigenvalue weighted by Crippen LogP contribution is -2.04. The molecule has 3 heterocycles. The van der Waals surface area contributed by atoms with E-state index in [1.54, 1.807) is 24.5 Å². The largest absolute Gasteiger partial charge is 0.360 e. The smallest absolute Gasteiger partial charge is 0.224 e. The number of aryl methyl sites for hydroxylation is 2. The zero-order chi connectivity index (χ0) is 18.3. The first-order valence-electron chi connectivity index (χ1n) is 8.67. The number of benzene rings is 1. The molecule has 0 radical (unpaired) electrons. The Morgan fingerprint density at radius 1 is 0.963 bits per heavy atom. The molecule has 0 saturated heterocycles. The van der Waals surface area contributed by atoms with Crippen LogP contribution in [0.2, 0.25) is 0 Å². The van der Waals surface area contributed by atoms with Crippen molar-refractivity contribution in [3.8, 4) is 0 Å². The molecule has 0 atom stereocenters. The summed E-state index contributed by atoms with van der Waals surface area (Å²) >= 11 is 0. The standard InChI is InChI=1S/C19H19N7O/c1-2-4-14(5-3-1)6-7-15-12-18(26-25-15)23-17-9-10-20-19(24-17)21-13-16-8-11-22-27-16/h1-5,8-12H,6-7,13H2,(H3,20,21,23,24,25,26). The van der Waals surface area contributed by atoms with Crippen molar-refractivity contribution in [1.82, 2.24) is 25.3 Å². The second kappa shape index (κ2) is 8.13. The molecule has 8 heteroatoms. The summed E-state index contributed by atoms with van der Waals surface area (Å²) in [6, 6.07) is 16.0. The number of anilines is 3. The Labute approximate surface area is 156 Å². The number of aromatic amines is 1. The summed E-state index contributed by atoms with van der Waals surface area (Å²) in [7, 11) is 0. The molecule has 136 valence electrons. The van der Waals surface area contributed by atoms with Gasteiger partial charge in [0.1, 0.15) is 5.82 Å². The normalized spacial score (nSPS) is 10.7. The summed E-state index contributed by atoms with van der Waals surface area (Å²) in [6.45, 7) is 0.468. The summed E-state index contributed by atoms with van der Waals surface area (Å²) < 4.78 is 5.04. The molecule has 0 aliphatic heterocycles. The molecule has 4 aromatic rings. The van der Waals surface area contributed by atoms with Crippen molar-refractivity contribution in [2.24, 2.45) is 0 Å². The van der Waals surface area contributed by atoms with Crippen LogP contribution in [0.1, 0.15) is 17.0 Å². The molecular formula is C19H19N7O. The van der Waals surface area contributed by atoms with Crippen molar-refractivity contribution in [3.63, 3.8) is 0 Å². The molecule has 0 amide bonds. The quantitative estimate of drug-likeness (QED) is 0.442. The third-order valence-corrected chi connectivity index (χ3v) is 3.98. The lowest BCUT2D eigenvalue weighted by Gasteiger charge is -2.05. The molecular weight excluding hydrogens is 342 g/mol. The van der Waals surface area contributed by atoms with Gasteiger partial charge in [-0.05, 0) is 24.5 Å². The maximum Gasteiger partial charge on any atom is 0.224 e. The van der Waals surface area contributed by atoms with Gasteiger partial charge in [-0.25, -0.2) is 4.98 Å². The zero-order valence-corrected chi connectivity index (χ0v) is 14.6. The van der Waals surface area contributed by atoms with E-state index >= 15 is 0 Å². The SMILES string of the molecule is c1ccc(CCc2cc(Nc3ccnc(NCc4ccno4)n3)n[nH]2)cc1. The summed E-state index contributed by atoms with van der Waals surface area (Å²) in [5, 5.41) is 17.3. The first-order chi connectivity index (χ1) is 13.3. The van der Waals surface area contributed by atoms with Crippen LogP contribution in [0.3, 0.4) is 0 Å². The van der Waals surface area contributed by atoms with Crippen LogP contribution in [-0.4, -0.2) is 25.3 Å². The molecule has 0 aliphatic carbocycles. The monoisotopic (exact) mass is 361 g/mol. The molecule has 27 heavy (non-hydrogen) atoms. The van der Waals surface area contributed by atoms with E-state index < -0.39 is 0 Å². The van der Waals surface area contributed by atoms with Crippen LogP contribution < -0.4 is 10.6 Å². The molecule has 0 unspecified atom stereocenters. The maximum absolute atomic E-state index is 5.04. The number of hydrogen-bond acceptors (Lipinski definition) is 7. The maximum atomic E-state index is 5.04. The van der Waals surface area contributed by atoms with E-state index in [1.165, 1.54) is 5.56 Å². The average molecular weight is 361 g/mol. The van der Waals surface area contributed by atoms with Gasteiger partial charge in [0.05, 0.1) is 12.7 Å². The average Bonchev–Trinajstić information content (AvgIpc) is 3.38. The summed E-state index contributed by atoms with van der Waals surface area (Å²) in [5.74, 6) is 2.59. The minimum atomic E-state index is 0.468. The highest BCUT2D eigenvalue weighted by Crippen LogP contribution is 2.15. The zero-order valence-electron chi connectivity index (χ0n) is 14.6. The molecule has 0 spiro atoms. The van der Waals surface area contributed by atoms with Crippen molar-refractivity contribution < 1.29 is 4.52 Å². The minimum absolute atomic E-state index is 0.468. The second-order valence-electron chi connectivity index (χ2n) is 5.99. The van der Waals surface area contributed by atoms with Crippen LogP contribution in [0.15, 0.2) is 65.4 Å². The molecule has 4 rings (SSSR count). The van der Waals surface area contributed by atoms with E-state index in [0.717, 1.165) is 24.4 Å². The second-order valence-corrected chi connectivity index (χ2v) is 5.99. The van der Waals surface area contributed by atoms with Gasteiger partial charge >= 0.3 is 0 Å². The van der Waals surface area contributed by atoms with E-state index in [2.05, 4.69) is 60.2 Å². The predicted molar refractivity (Wildman–Crippen MR) is 102 cm³/mol. The molecule has 0 aliphatic rings. The lowest BCUT2D eigenvalue weighted by molar-refractivity contribution is 0.388. The highest BCUT2D eigenvalue weighted by molar-refractivity contribution is 5.53. The van der Waals surface area contributed by atoms with Gasteiger partial charge < -0.3 is 15.2 Å². The lowest BCUT2D eigenvalue weighted by atomic mass is 10.1. The van der Waals surface area contributed by atoms with Gasteiger partial charge in [0.15, 0.2) is 11.6 Å². The van der Waals surface area contributed by atoms with E-state index in [0.29, 0.717) is 24.1 Å². The van der Waals surface area contributed by atoms with Crippen LogP contribution in [-0.2, 0) is 19.4 Å². The van der Waals surface area contributed by atoms with E-state index in [4.69, 9.17) is 4.52 Å². The molecule has 0 fully saturated rings. The summed E-state index contributed by atoms with van der Waals surface area (Å²) in [4.78, 5) is 8.62. The fourth-order valence-electron chi connectivity index (χ4n) is 2.62. The van der Waals surface area contributed by atoms with E-state index in [1.807, 2.05) is 12.1 Å². The van der Waals surface area contributed by atoms with Gasteiger partial charge in [-0.2, -0.15) is 10.1 Å². The first-order valence-corrected chi connectivity index (χ1v) is 8.67. The predicted octanol–water partition coefficient (Wildman–Crippen LogP) is 3.33. The van der Waals surface area contributed by atoms with Gasteiger partial charge in [-0.1, -0.05) is 35.5 Å². The molecule has 0 saturated carbocycles. The van der Waals surface area contributed by atoms with Crippen molar-refractivity contribution in [2.75, 3.05) is 10.6 Å². The van der Waals surface area contributed by atoms with Crippen molar-refractivity contribution in [3.05, 3.63) is 77.9 Å². The Morgan fingerprint density at radius 3 is 2.74 bits per heavy atom. The van der Waals surface area contributed by atoms with Crippen LogP contribution in [0.25, 0.3) is 0 Å². The van der Waals surface area contributed by atoms with Gasteiger partial charge in [-0.15, -0.1) is 0 Å². The third-order valence-electron chi connectivity index (χ3n) is 3.98. The minimum Gasteiger partial charge on any atom is -0.360 e. The molecule has 3 N–H and O–H groups in total.